The van der Waals surface area contributed by atoms with Gasteiger partial charge in [0.25, 0.3) is 0 Å². The molecule has 0 aliphatic carbocycles. The Balaban J connectivity index is -0.000000106. The van der Waals surface area contributed by atoms with Crippen molar-refractivity contribution in [1.82, 2.24) is 4.98 Å². The van der Waals surface area contributed by atoms with Crippen LogP contribution in [-0.2, 0) is 20.3 Å². The molecule has 61 heavy (non-hydrogen) atoms. The molecule has 0 radical (unpaired) electrons. The van der Waals surface area contributed by atoms with Crippen molar-refractivity contribution in [2.24, 2.45) is 17.8 Å². The smallest absolute Gasteiger partial charge is 0.0547 e. The van der Waals surface area contributed by atoms with Crippen LogP contribution >= 0.6 is 34.4 Å². The molecule has 4 aliphatic heterocycles. The van der Waals surface area contributed by atoms with E-state index in [2.05, 4.69) is 92.6 Å². The van der Waals surface area contributed by atoms with Gasteiger partial charge < -0.3 is 9.47 Å². The summed E-state index contributed by atoms with van der Waals surface area (Å²) >= 11 is 5.62. The van der Waals surface area contributed by atoms with Crippen molar-refractivity contribution in [3.63, 3.8) is 0 Å². The molecular formula is C53H107NO3S4. The molecule has 7 rings (SSSR count). The zero-order valence-corrected chi connectivity index (χ0v) is 47.8. The summed E-state index contributed by atoms with van der Waals surface area (Å²) in [5.74, 6) is 7.45. The molecule has 0 N–H and O–H groups in total. The fourth-order valence-corrected chi connectivity index (χ4v) is 8.49. The van der Waals surface area contributed by atoms with Crippen LogP contribution in [0.25, 0.3) is 0 Å². The fraction of sp³-hybridized carbons (Fsp3) is 0.755. The van der Waals surface area contributed by atoms with Gasteiger partial charge >= 0.3 is 0 Å². The van der Waals surface area contributed by atoms with E-state index in [1.165, 1.54) is 78.9 Å². The first-order valence-electron chi connectivity index (χ1n) is 24.6. The SMILES string of the molecule is CC.CC.CC.CC.CC.CC.CC.CC1CCCO1.CC1CCOCC1.CC1CCS(=O)CC1.CC1CCSCC1.Cc1cccnc1.Cc1cccs1.Cc1ccsc1. The summed E-state index contributed by atoms with van der Waals surface area (Å²) in [6.45, 7) is 46.2. The number of aromatic nitrogens is 1. The number of aryl methyl sites for hydroxylation is 3. The molecule has 4 fully saturated rings. The highest BCUT2D eigenvalue weighted by Gasteiger charge is 2.12. The van der Waals surface area contributed by atoms with Gasteiger partial charge in [0.15, 0.2) is 0 Å². The summed E-state index contributed by atoms with van der Waals surface area (Å²) < 4.78 is 21.0. The minimum absolute atomic E-state index is 0.461. The average Bonchev–Trinajstić information content (AvgIpc) is 4.15. The van der Waals surface area contributed by atoms with Crippen molar-refractivity contribution in [1.29, 1.82) is 0 Å². The van der Waals surface area contributed by atoms with E-state index in [0.717, 1.165) is 49.1 Å². The molecule has 0 bridgehead atoms. The number of hydrogen-bond acceptors (Lipinski definition) is 7. The maximum Gasteiger partial charge on any atom is 0.0547 e. The van der Waals surface area contributed by atoms with Crippen molar-refractivity contribution in [2.45, 2.75) is 203 Å². The Bertz CT molecular complexity index is 1010. The lowest BCUT2D eigenvalue weighted by Crippen LogP contribution is -2.15. The summed E-state index contributed by atoms with van der Waals surface area (Å²) in [4.78, 5) is 5.27. The number of rotatable bonds is 0. The monoisotopic (exact) mass is 934 g/mol. The van der Waals surface area contributed by atoms with E-state index >= 15 is 0 Å². The average molecular weight is 935 g/mol. The molecule has 4 aliphatic rings. The lowest BCUT2D eigenvalue weighted by molar-refractivity contribution is 0.0716. The van der Waals surface area contributed by atoms with E-state index in [9.17, 15) is 4.21 Å². The van der Waals surface area contributed by atoms with Gasteiger partial charge in [-0.15, -0.1) is 11.3 Å². The lowest BCUT2D eigenvalue weighted by Gasteiger charge is -2.16. The maximum absolute atomic E-state index is 10.7. The Hall–Kier alpha value is -1.03. The normalized spacial score (nSPS) is 17.8. The first-order valence-corrected chi connectivity index (χ1v) is 29.1. The van der Waals surface area contributed by atoms with Gasteiger partial charge in [0, 0.05) is 59.4 Å². The van der Waals surface area contributed by atoms with Gasteiger partial charge in [-0.3, -0.25) is 9.19 Å². The third-order valence-corrected chi connectivity index (χ3v) is 12.0. The third kappa shape index (κ3) is 65.7. The molecule has 3 aromatic heterocycles. The van der Waals surface area contributed by atoms with E-state index in [0.29, 0.717) is 6.10 Å². The zero-order chi connectivity index (χ0) is 48.5. The first kappa shape index (κ1) is 74.3. The van der Waals surface area contributed by atoms with Crippen LogP contribution in [0.15, 0.2) is 58.9 Å². The predicted molar refractivity (Wildman–Crippen MR) is 292 cm³/mol. The van der Waals surface area contributed by atoms with E-state index in [-0.39, 0.29) is 0 Å². The van der Waals surface area contributed by atoms with Crippen LogP contribution < -0.4 is 0 Å². The molecule has 1 atom stereocenters. The highest BCUT2D eigenvalue weighted by molar-refractivity contribution is 7.99. The van der Waals surface area contributed by atoms with Crippen LogP contribution in [0.2, 0.25) is 0 Å². The van der Waals surface area contributed by atoms with Crippen molar-refractivity contribution >= 4 is 45.2 Å². The standard InChI is InChI=1S/C6H7N.C6H12OS.C6H12O.C6H12S.C5H10O.2C5H6S.7C2H6/c1-6-3-2-4-7-5-6;1-6-2-4-8(7)5-3-6;2*1-6-2-4-7-5-3-6;1-5-3-2-4-6-5;1-5-2-3-6-4-5;1-5-3-2-4-6-5;7*1-2/h2-5H,1H3;6H,2-5H2,1H3;2*6H,2-5H2,1H3;5H,2-4H2,1H3;2*2-4H,1H3;7*1-2H3. The quantitative estimate of drug-likeness (QED) is 0.225. The van der Waals surface area contributed by atoms with Crippen LogP contribution in [-0.4, -0.2) is 58.1 Å². The number of thioether (sulfide) groups is 1. The highest BCUT2D eigenvalue weighted by Crippen LogP contribution is 2.21. The van der Waals surface area contributed by atoms with Gasteiger partial charge in [0.05, 0.1) is 6.10 Å². The Morgan fingerprint density at radius 2 is 1.10 bits per heavy atom. The van der Waals surface area contributed by atoms with Crippen molar-refractivity contribution < 1.29 is 13.7 Å². The minimum atomic E-state index is -0.461. The molecule has 1 unspecified atom stereocenters. The highest BCUT2D eigenvalue weighted by atomic mass is 32.2. The Kier molecular flexibility index (Phi) is 82.9. The Morgan fingerprint density at radius 1 is 0.590 bits per heavy atom. The van der Waals surface area contributed by atoms with Crippen LogP contribution in [0.5, 0.6) is 0 Å². The second kappa shape index (κ2) is 68.0. The predicted octanol–water partition coefficient (Wildman–Crippen LogP) is 18.6. The van der Waals surface area contributed by atoms with Crippen molar-refractivity contribution in [2.75, 3.05) is 42.8 Å². The molecule has 0 spiro atoms. The van der Waals surface area contributed by atoms with Crippen LogP contribution in [0.3, 0.4) is 0 Å². The largest absolute Gasteiger partial charge is 0.381 e. The van der Waals surface area contributed by atoms with Gasteiger partial charge in [-0.2, -0.15) is 23.1 Å². The van der Waals surface area contributed by atoms with E-state index in [1.54, 1.807) is 28.9 Å². The van der Waals surface area contributed by atoms with E-state index < -0.39 is 10.8 Å². The summed E-state index contributed by atoms with van der Waals surface area (Å²) in [5, 5.41) is 6.28. The van der Waals surface area contributed by atoms with Crippen molar-refractivity contribution in [3.05, 3.63) is 74.9 Å². The minimum Gasteiger partial charge on any atom is -0.381 e. The van der Waals surface area contributed by atoms with Crippen molar-refractivity contribution in [3.8, 4) is 0 Å². The molecule has 4 saturated heterocycles. The Labute approximate surface area is 399 Å². The second-order valence-electron chi connectivity index (χ2n) is 13.0. The van der Waals surface area contributed by atoms with Crippen LogP contribution in [0, 0.1) is 38.5 Å². The third-order valence-electron chi connectivity index (χ3n) is 7.99. The van der Waals surface area contributed by atoms with Gasteiger partial charge in [-0.1, -0.05) is 130 Å². The molecule has 4 nitrogen and oxygen atoms in total. The molecule has 3 aromatic rings. The summed E-state index contributed by atoms with van der Waals surface area (Å²) in [6, 6.07) is 10.2. The molecule has 7 heterocycles. The van der Waals surface area contributed by atoms with E-state index in [4.69, 9.17) is 9.47 Å². The van der Waals surface area contributed by atoms with Gasteiger partial charge in [0.1, 0.15) is 0 Å². The summed E-state index contributed by atoms with van der Waals surface area (Å²) in [5.41, 5.74) is 2.57. The Morgan fingerprint density at radius 3 is 1.30 bits per heavy atom. The number of thiophene rings is 2. The maximum atomic E-state index is 10.7. The van der Waals surface area contributed by atoms with Crippen LogP contribution in [0.4, 0.5) is 0 Å². The van der Waals surface area contributed by atoms with Gasteiger partial charge in [-0.05, 0) is 154 Å². The molecule has 0 amide bonds. The van der Waals surface area contributed by atoms with Gasteiger partial charge in [-0.25, -0.2) is 0 Å². The lowest BCUT2D eigenvalue weighted by atomic mass is 10.0. The number of ether oxygens (including phenoxy) is 2. The number of nitrogens with zero attached hydrogens (tertiary/aromatic N) is 1. The van der Waals surface area contributed by atoms with E-state index in [1.807, 2.05) is 122 Å². The molecular weight excluding hydrogens is 827 g/mol. The topological polar surface area (TPSA) is 48.4 Å². The molecule has 8 heteroatoms. The van der Waals surface area contributed by atoms with Crippen LogP contribution in [0.1, 0.15) is 192 Å². The zero-order valence-electron chi connectivity index (χ0n) is 44.5. The fourth-order valence-electron chi connectivity index (χ4n) is 4.42. The molecule has 0 saturated carbocycles. The summed E-state index contributed by atoms with van der Waals surface area (Å²) in [7, 11) is -0.461. The molecule has 0 aromatic carbocycles. The summed E-state index contributed by atoms with van der Waals surface area (Å²) in [6.07, 6.45) is 14.5. The molecule has 366 valence electrons. The second-order valence-corrected chi connectivity index (χ2v) is 17.9. The number of pyridine rings is 1. The number of hydrogen-bond donors (Lipinski definition) is 0. The first-order chi connectivity index (χ1) is 29.7. The van der Waals surface area contributed by atoms with Gasteiger partial charge in [0.2, 0.25) is 0 Å².